The Labute approximate surface area is 162 Å². The smallest absolute Gasteiger partial charge is 0.326 e. The number of fused-ring (bicyclic) bond motifs is 1. The van der Waals surface area contributed by atoms with Gasteiger partial charge in [-0.2, -0.15) is 8.42 Å². The molecular formula is C19H20N2O6S. The second-order valence-corrected chi connectivity index (χ2v) is 7.83. The van der Waals surface area contributed by atoms with Crippen LogP contribution in [0.15, 0.2) is 36.4 Å². The van der Waals surface area contributed by atoms with Crippen molar-refractivity contribution in [1.29, 1.82) is 0 Å². The van der Waals surface area contributed by atoms with E-state index in [4.69, 9.17) is 4.74 Å². The van der Waals surface area contributed by atoms with Crippen LogP contribution in [0, 0.1) is 0 Å². The van der Waals surface area contributed by atoms with Crippen molar-refractivity contribution in [1.82, 2.24) is 4.72 Å². The molecule has 3 rings (SSSR count). The predicted octanol–water partition coefficient (Wildman–Crippen LogP) is 2.08. The quantitative estimate of drug-likeness (QED) is 0.713. The van der Waals surface area contributed by atoms with Gasteiger partial charge in [-0.25, -0.2) is 9.03 Å². The first kappa shape index (κ1) is 19.7. The summed E-state index contributed by atoms with van der Waals surface area (Å²) in [6, 6.07) is 8.46. The van der Waals surface area contributed by atoms with Crippen molar-refractivity contribution in [2.45, 2.75) is 19.8 Å². The lowest BCUT2D eigenvalue weighted by Crippen LogP contribution is -2.29. The highest BCUT2D eigenvalue weighted by Gasteiger charge is 2.35. The average molecular weight is 404 g/mol. The van der Waals surface area contributed by atoms with E-state index in [0.29, 0.717) is 24.8 Å². The van der Waals surface area contributed by atoms with E-state index < -0.39 is 16.1 Å². The van der Waals surface area contributed by atoms with Gasteiger partial charge in [0.2, 0.25) is 0 Å². The number of amides is 1. The van der Waals surface area contributed by atoms with Gasteiger partial charge in [-0.3, -0.25) is 9.59 Å². The number of carbonyl (C=O) groups is 2. The second-order valence-electron chi connectivity index (χ2n) is 6.23. The van der Waals surface area contributed by atoms with Crippen molar-refractivity contribution in [2.24, 2.45) is 0 Å². The molecule has 8 nitrogen and oxygen atoms in total. The number of phenolic OH excluding ortho intramolecular Hbond substituents is 1. The van der Waals surface area contributed by atoms with Gasteiger partial charge in [0.25, 0.3) is 5.91 Å². The maximum atomic E-state index is 12.0. The van der Waals surface area contributed by atoms with Crippen LogP contribution < -0.4 is 9.03 Å². The van der Waals surface area contributed by atoms with Gasteiger partial charge in [-0.1, -0.05) is 24.3 Å². The summed E-state index contributed by atoms with van der Waals surface area (Å²) < 4.78 is 31.7. The van der Waals surface area contributed by atoms with Gasteiger partial charge >= 0.3 is 16.2 Å². The van der Waals surface area contributed by atoms with Gasteiger partial charge in [0, 0.05) is 6.42 Å². The van der Waals surface area contributed by atoms with E-state index in [0.717, 1.165) is 15.3 Å². The number of ether oxygens (including phenoxy) is 1. The maximum Gasteiger partial charge on any atom is 0.326 e. The van der Waals surface area contributed by atoms with E-state index in [9.17, 15) is 23.1 Å². The van der Waals surface area contributed by atoms with Crippen LogP contribution in [0.5, 0.6) is 5.75 Å². The molecule has 9 heteroatoms. The Balaban J connectivity index is 1.84. The molecule has 0 atom stereocenters. The lowest BCUT2D eigenvalue weighted by molar-refractivity contribution is -0.143. The Hall–Kier alpha value is -3.07. The van der Waals surface area contributed by atoms with Crippen molar-refractivity contribution < 1.29 is 27.9 Å². The third-order valence-electron chi connectivity index (χ3n) is 4.18. The molecule has 0 saturated carbocycles. The number of nitrogens with zero attached hydrogens (tertiary/aromatic N) is 1. The fourth-order valence-corrected chi connectivity index (χ4v) is 4.07. The van der Waals surface area contributed by atoms with Crippen molar-refractivity contribution >= 4 is 44.6 Å². The molecule has 2 aromatic rings. The molecule has 28 heavy (non-hydrogen) atoms. The number of carbonyl (C=O) groups excluding carboxylic acids is 2. The molecule has 0 aromatic heterocycles. The van der Waals surface area contributed by atoms with Crippen molar-refractivity contribution in [2.75, 3.05) is 17.5 Å². The summed E-state index contributed by atoms with van der Waals surface area (Å²) in [7, 11) is -4.01. The summed E-state index contributed by atoms with van der Waals surface area (Å²) in [6.45, 7) is 1.74. The Bertz CT molecular complexity index is 1060. The zero-order valence-electron chi connectivity index (χ0n) is 15.2. The maximum absolute atomic E-state index is 12.0. The molecular weight excluding hydrogens is 384 g/mol. The van der Waals surface area contributed by atoms with Crippen LogP contribution in [0.25, 0.3) is 16.8 Å². The van der Waals surface area contributed by atoms with Gasteiger partial charge < -0.3 is 9.84 Å². The van der Waals surface area contributed by atoms with E-state index >= 15 is 0 Å². The third-order valence-corrected chi connectivity index (χ3v) is 5.57. The van der Waals surface area contributed by atoms with Gasteiger partial charge in [0.15, 0.2) is 0 Å². The van der Waals surface area contributed by atoms with E-state index in [1.54, 1.807) is 13.0 Å². The number of benzene rings is 2. The Morgan fingerprint density at radius 2 is 2.07 bits per heavy atom. The van der Waals surface area contributed by atoms with Crippen LogP contribution in [0.2, 0.25) is 0 Å². The number of aromatic hydroxyl groups is 1. The summed E-state index contributed by atoms with van der Waals surface area (Å²) in [5.74, 6) is -1.14. The molecule has 2 N–H and O–H groups in total. The Kier molecular flexibility index (Phi) is 5.55. The average Bonchev–Trinajstić information content (AvgIpc) is 2.90. The number of esters is 1. The number of hydrogen-bond donors (Lipinski definition) is 2. The van der Waals surface area contributed by atoms with Crippen molar-refractivity contribution in [3.8, 4) is 5.75 Å². The molecule has 1 aliphatic heterocycles. The van der Waals surface area contributed by atoms with Gasteiger partial charge in [-0.15, -0.1) is 0 Å². The van der Waals surface area contributed by atoms with Crippen LogP contribution >= 0.6 is 0 Å². The summed E-state index contributed by atoms with van der Waals surface area (Å²) >= 11 is 0. The van der Waals surface area contributed by atoms with Crippen LogP contribution in [-0.4, -0.2) is 38.6 Å². The first-order valence-electron chi connectivity index (χ1n) is 8.72. The first-order chi connectivity index (χ1) is 13.3. The van der Waals surface area contributed by atoms with Crippen LogP contribution in [0.1, 0.15) is 25.3 Å². The minimum absolute atomic E-state index is 0.0364. The molecule has 1 fully saturated rings. The van der Waals surface area contributed by atoms with Gasteiger partial charge in [-0.05, 0) is 47.9 Å². The Morgan fingerprint density at radius 1 is 1.29 bits per heavy atom. The third kappa shape index (κ3) is 4.25. The summed E-state index contributed by atoms with van der Waals surface area (Å²) in [6.07, 6.45) is 4.54. The molecule has 1 heterocycles. The highest BCUT2D eigenvalue weighted by Crippen LogP contribution is 2.35. The minimum Gasteiger partial charge on any atom is -0.506 e. The van der Waals surface area contributed by atoms with E-state index in [2.05, 4.69) is 0 Å². The number of phenols is 1. The lowest BCUT2D eigenvalue weighted by atomic mass is 10.0. The highest BCUT2D eigenvalue weighted by atomic mass is 32.2. The molecule has 2 aromatic carbocycles. The van der Waals surface area contributed by atoms with Gasteiger partial charge in [0.1, 0.15) is 12.3 Å². The number of nitrogens with one attached hydrogen (secondary N) is 1. The SMILES string of the molecule is CCOC(=O)CC/C=C/c1ccc2cc(O)c(N3CC(=O)NS3(=O)=O)cc2c1. The second kappa shape index (κ2) is 7.89. The van der Waals surface area contributed by atoms with E-state index in [1.807, 2.05) is 29.0 Å². The lowest BCUT2D eigenvalue weighted by Gasteiger charge is -2.17. The van der Waals surface area contributed by atoms with Crippen molar-refractivity contribution in [3.63, 3.8) is 0 Å². The minimum atomic E-state index is -4.01. The van der Waals surface area contributed by atoms with E-state index in [1.165, 1.54) is 12.1 Å². The summed E-state index contributed by atoms with van der Waals surface area (Å²) in [4.78, 5) is 22.8. The monoisotopic (exact) mass is 404 g/mol. The van der Waals surface area contributed by atoms with Crippen LogP contribution in [0.3, 0.4) is 0 Å². The molecule has 0 aliphatic carbocycles. The standard InChI is InChI=1S/C19H20N2O6S/c1-2-27-19(24)6-4-3-5-13-7-8-14-11-17(22)16(10-15(14)9-13)21-12-18(23)20-28(21,25)26/h3,5,7-11,22H,2,4,6,12H2,1H3,(H,20,23)/b5-3+. The number of anilines is 1. The largest absolute Gasteiger partial charge is 0.506 e. The topological polar surface area (TPSA) is 113 Å². The van der Waals surface area contributed by atoms with Crippen LogP contribution in [-0.2, 0) is 24.5 Å². The van der Waals surface area contributed by atoms with Crippen LogP contribution in [0.4, 0.5) is 5.69 Å². The normalized spacial score (nSPS) is 15.9. The number of allylic oxidation sites excluding steroid dienone is 1. The molecule has 0 bridgehead atoms. The molecule has 1 aliphatic rings. The summed E-state index contributed by atoms with van der Waals surface area (Å²) in [5.41, 5.74) is 0.890. The van der Waals surface area contributed by atoms with Crippen molar-refractivity contribution in [3.05, 3.63) is 42.0 Å². The molecule has 0 unspecified atom stereocenters. The predicted molar refractivity (Wildman–Crippen MR) is 105 cm³/mol. The fraction of sp³-hybridized carbons (Fsp3) is 0.263. The van der Waals surface area contributed by atoms with E-state index in [-0.39, 0.29) is 24.0 Å². The first-order valence-corrected chi connectivity index (χ1v) is 10.2. The van der Waals surface area contributed by atoms with Gasteiger partial charge in [0.05, 0.1) is 12.3 Å². The highest BCUT2D eigenvalue weighted by molar-refractivity contribution is 7.92. The number of rotatable bonds is 6. The molecule has 0 radical (unpaired) electrons. The summed E-state index contributed by atoms with van der Waals surface area (Å²) in [5, 5.41) is 11.6. The zero-order valence-corrected chi connectivity index (χ0v) is 16.0. The molecule has 1 saturated heterocycles. The number of hydrogen-bond acceptors (Lipinski definition) is 6. The Morgan fingerprint density at radius 3 is 2.75 bits per heavy atom. The molecule has 148 valence electrons. The molecule has 1 amide bonds. The molecule has 0 spiro atoms. The fourth-order valence-electron chi connectivity index (χ4n) is 2.91. The zero-order chi connectivity index (χ0) is 20.3.